The fraction of sp³-hybridized carbons (Fsp3) is 0.429. The van der Waals surface area contributed by atoms with Gasteiger partial charge in [-0.3, -0.25) is 4.79 Å². The highest BCUT2D eigenvalue weighted by molar-refractivity contribution is 9.10. The lowest BCUT2D eigenvalue weighted by molar-refractivity contribution is 0.0908. The van der Waals surface area contributed by atoms with Crippen molar-refractivity contribution in [2.75, 3.05) is 0 Å². The molecule has 0 radical (unpaired) electrons. The summed E-state index contributed by atoms with van der Waals surface area (Å²) < 4.78 is 0.950. The van der Waals surface area contributed by atoms with Crippen LogP contribution in [-0.2, 0) is 0 Å². The van der Waals surface area contributed by atoms with Crippen LogP contribution in [0.3, 0.4) is 0 Å². The van der Waals surface area contributed by atoms with Gasteiger partial charge >= 0.3 is 0 Å². The number of nitrogens with one attached hydrogen (secondary N) is 1. The second-order valence-electron chi connectivity index (χ2n) is 4.97. The van der Waals surface area contributed by atoms with Crippen molar-refractivity contribution in [1.29, 1.82) is 0 Å². The Kier molecular flexibility index (Phi) is 4.58. The number of hydrogen-bond acceptors (Lipinski definition) is 2. The SMILES string of the molecule is NC(=S)C1(NC(=O)c2ccc(Br)cc2)CCCCC1. The number of benzene rings is 1. The maximum atomic E-state index is 12.3. The molecule has 1 fully saturated rings. The number of halogens is 1. The van der Waals surface area contributed by atoms with Crippen molar-refractivity contribution in [3.8, 4) is 0 Å². The standard InChI is InChI=1S/C14H17BrN2OS/c15-11-6-4-10(5-7-11)12(18)17-14(13(16)19)8-2-1-3-9-14/h4-7H,1-3,8-9H2,(H2,16,19)(H,17,18). The van der Waals surface area contributed by atoms with Gasteiger partial charge in [0.2, 0.25) is 0 Å². The first-order valence-corrected chi connectivity index (χ1v) is 7.62. The molecular weight excluding hydrogens is 324 g/mol. The van der Waals surface area contributed by atoms with Crippen LogP contribution in [0.25, 0.3) is 0 Å². The average molecular weight is 341 g/mol. The van der Waals surface area contributed by atoms with Crippen LogP contribution in [0.5, 0.6) is 0 Å². The summed E-state index contributed by atoms with van der Waals surface area (Å²) in [6.07, 6.45) is 4.96. The molecule has 1 aliphatic carbocycles. The van der Waals surface area contributed by atoms with Gasteiger partial charge in [-0.1, -0.05) is 47.4 Å². The zero-order valence-corrected chi connectivity index (χ0v) is 13.0. The average Bonchev–Trinajstić information content (AvgIpc) is 2.40. The maximum absolute atomic E-state index is 12.3. The normalized spacial score (nSPS) is 17.7. The van der Waals surface area contributed by atoms with Crippen LogP contribution in [0, 0.1) is 0 Å². The van der Waals surface area contributed by atoms with E-state index in [-0.39, 0.29) is 5.91 Å². The molecule has 102 valence electrons. The second kappa shape index (κ2) is 6.01. The third-order valence-corrected chi connectivity index (χ3v) is 4.56. The van der Waals surface area contributed by atoms with E-state index in [1.54, 1.807) is 12.1 Å². The summed E-state index contributed by atoms with van der Waals surface area (Å²) in [5.41, 5.74) is 5.99. The molecule has 0 aromatic heterocycles. The molecular formula is C14H17BrN2OS. The van der Waals surface area contributed by atoms with Crippen LogP contribution in [0.15, 0.2) is 28.7 Å². The first-order chi connectivity index (χ1) is 9.03. The third kappa shape index (κ3) is 3.34. The van der Waals surface area contributed by atoms with Crippen LogP contribution in [0.2, 0.25) is 0 Å². The van der Waals surface area contributed by atoms with Crippen molar-refractivity contribution in [3.63, 3.8) is 0 Å². The van der Waals surface area contributed by atoms with E-state index in [4.69, 9.17) is 18.0 Å². The maximum Gasteiger partial charge on any atom is 0.252 e. The van der Waals surface area contributed by atoms with Gasteiger partial charge in [0.05, 0.1) is 10.5 Å². The molecule has 0 saturated heterocycles. The Balaban J connectivity index is 2.15. The largest absolute Gasteiger partial charge is 0.391 e. The fourth-order valence-electron chi connectivity index (χ4n) is 2.48. The molecule has 1 aliphatic rings. The smallest absolute Gasteiger partial charge is 0.252 e. The topological polar surface area (TPSA) is 55.1 Å². The molecule has 1 aromatic carbocycles. The molecule has 0 heterocycles. The Hall–Kier alpha value is -0.940. The van der Waals surface area contributed by atoms with Crippen LogP contribution >= 0.6 is 28.1 Å². The van der Waals surface area contributed by atoms with Gasteiger partial charge in [0.15, 0.2) is 0 Å². The van der Waals surface area contributed by atoms with Crippen molar-refractivity contribution in [3.05, 3.63) is 34.3 Å². The predicted molar refractivity (Wildman–Crippen MR) is 84.2 cm³/mol. The van der Waals surface area contributed by atoms with E-state index in [2.05, 4.69) is 21.2 Å². The lowest BCUT2D eigenvalue weighted by Gasteiger charge is -2.37. The van der Waals surface area contributed by atoms with Crippen LogP contribution in [0.4, 0.5) is 0 Å². The fourth-order valence-corrected chi connectivity index (χ4v) is 3.00. The van der Waals surface area contributed by atoms with E-state index in [9.17, 15) is 4.79 Å². The molecule has 0 bridgehead atoms. The van der Waals surface area contributed by atoms with E-state index >= 15 is 0 Å². The summed E-state index contributed by atoms with van der Waals surface area (Å²) in [5.74, 6) is -0.109. The van der Waals surface area contributed by atoms with Gasteiger partial charge in [-0.25, -0.2) is 0 Å². The molecule has 3 nitrogen and oxygen atoms in total. The molecule has 0 spiro atoms. The van der Waals surface area contributed by atoms with Crippen LogP contribution in [0.1, 0.15) is 42.5 Å². The quantitative estimate of drug-likeness (QED) is 0.831. The van der Waals surface area contributed by atoms with E-state index < -0.39 is 5.54 Å². The lowest BCUT2D eigenvalue weighted by atomic mass is 9.81. The number of carbonyl (C=O) groups excluding carboxylic acids is 1. The van der Waals surface area contributed by atoms with E-state index in [1.165, 1.54) is 6.42 Å². The Labute approximate surface area is 127 Å². The summed E-state index contributed by atoms with van der Waals surface area (Å²) in [4.78, 5) is 12.7. The van der Waals surface area contributed by atoms with Crippen molar-refractivity contribution in [2.45, 2.75) is 37.6 Å². The Morgan fingerprint density at radius 1 is 1.21 bits per heavy atom. The molecule has 1 amide bonds. The third-order valence-electron chi connectivity index (χ3n) is 3.64. The van der Waals surface area contributed by atoms with Crippen LogP contribution in [-0.4, -0.2) is 16.4 Å². The number of rotatable bonds is 3. The van der Waals surface area contributed by atoms with Crippen molar-refractivity contribution >= 4 is 39.0 Å². The molecule has 3 N–H and O–H groups in total. The first kappa shape index (κ1) is 14.5. The van der Waals surface area contributed by atoms with Crippen LogP contribution < -0.4 is 11.1 Å². The molecule has 0 atom stereocenters. The molecule has 0 aliphatic heterocycles. The monoisotopic (exact) mass is 340 g/mol. The number of amides is 1. The van der Waals surface area contributed by atoms with Gasteiger partial charge in [-0.2, -0.15) is 0 Å². The van der Waals surface area contributed by atoms with E-state index in [0.717, 1.165) is 30.2 Å². The van der Waals surface area contributed by atoms with Gasteiger partial charge in [-0.05, 0) is 37.1 Å². The molecule has 1 aromatic rings. The van der Waals surface area contributed by atoms with Gasteiger partial charge in [0.25, 0.3) is 5.91 Å². The molecule has 2 rings (SSSR count). The predicted octanol–water partition coefficient (Wildman–Crippen LogP) is 3.17. The van der Waals surface area contributed by atoms with Gasteiger partial charge < -0.3 is 11.1 Å². The molecule has 5 heteroatoms. The number of nitrogens with two attached hydrogens (primary N) is 1. The second-order valence-corrected chi connectivity index (χ2v) is 6.32. The van der Waals surface area contributed by atoms with E-state index in [1.807, 2.05) is 12.1 Å². The minimum absolute atomic E-state index is 0.109. The highest BCUT2D eigenvalue weighted by Gasteiger charge is 2.36. The van der Waals surface area contributed by atoms with Gasteiger partial charge in [0.1, 0.15) is 0 Å². The van der Waals surface area contributed by atoms with Crippen molar-refractivity contribution in [2.24, 2.45) is 5.73 Å². The van der Waals surface area contributed by atoms with E-state index in [0.29, 0.717) is 10.6 Å². The molecule has 0 unspecified atom stereocenters. The number of thiocarbonyl (C=S) groups is 1. The zero-order valence-electron chi connectivity index (χ0n) is 10.6. The zero-order chi connectivity index (χ0) is 13.9. The summed E-state index contributed by atoms with van der Waals surface area (Å²) in [6.45, 7) is 0. The Morgan fingerprint density at radius 3 is 2.32 bits per heavy atom. The summed E-state index contributed by atoms with van der Waals surface area (Å²) in [7, 11) is 0. The van der Waals surface area contributed by atoms with Gasteiger partial charge in [-0.15, -0.1) is 0 Å². The highest BCUT2D eigenvalue weighted by Crippen LogP contribution is 2.29. The van der Waals surface area contributed by atoms with Crippen molar-refractivity contribution < 1.29 is 4.79 Å². The number of carbonyl (C=O) groups is 1. The first-order valence-electron chi connectivity index (χ1n) is 6.41. The molecule has 1 saturated carbocycles. The highest BCUT2D eigenvalue weighted by atomic mass is 79.9. The summed E-state index contributed by atoms with van der Waals surface area (Å²) >= 11 is 8.53. The Morgan fingerprint density at radius 2 is 1.79 bits per heavy atom. The summed E-state index contributed by atoms with van der Waals surface area (Å²) in [6, 6.07) is 7.28. The minimum atomic E-state index is -0.502. The lowest BCUT2D eigenvalue weighted by Crippen LogP contribution is -2.57. The van der Waals surface area contributed by atoms with Gasteiger partial charge in [0, 0.05) is 10.0 Å². The Bertz CT molecular complexity index is 481. The number of hydrogen-bond donors (Lipinski definition) is 2. The minimum Gasteiger partial charge on any atom is -0.391 e. The molecule has 19 heavy (non-hydrogen) atoms. The summed E-state index contributed by atoms with van der Waals surface area (Å²) in [5, 5.41) is 3.05. The van der Waals surface area contributed by atoms with Crippen molar-refractivity contribution in [1.82, 2.24) is 5.32 Å².